The molecular weight excluding hydrogens is 462 g/mol. The first kappa shape index (κ1) is 21.8. The van der Waals surface area contributed by atoms with E-state index >= 15 is 0 Å². The van der Waals surface area contributed by atoms with E-state index in [4.69, 9.17) is 14.9 Å². The zero-order valence-corrected chi connectivity index (χ0v) is 19.7. The normalized spacial score (nSPS) is 14.1. The second kappa shape index (κ2) is 8.81. The van der Waals surface area contributed by atoms with Crippen molar-refractivity contribution in [2.24, 2.45) is 5.73 Å². The van der Waals surface area contributed by atoms with Crippen LogP contribution in [0.4, 0.5) is 11.6 Å². The van der Waals surface area contributed by atoms with Gasteiger partial charge in [-0.05, 0) is 18.2 Å². The number of nitrogens with two attached hydrogens (primary N) is 1. The van der Waals surface area contributed by atoms with Gasteiger partial charge in [0.25, 0.3) is 0 Å². The van der Waals surface area contributed by atoms with Crippen molar-refractivity contribution < 1.29 is 13.9 Å². The summed E-state index contributed by atoms with van der Waals surface area (Å²) in [5, 5.41) is 5.48. The third-order valence-electron chi connectivity index (χ3n) is 6.34. The van der Waals surface area contributed by atoms with Gasteiger partial charge in [0.1, 0.15) is 5.58 Å². The smallest absolute Gasteiger partial charge is 0.238 e. The summed E-state index contributed by atoms with van der Waals surface area (Å²) in [4.78, 5) is 27.2. The third-order valence-corrected chi connectivity index (χ3v) is 7.54. The molecule has 0 unspecified atom stereocenters. The summed E-state index contributed by atoms with van der Waals surface area (Å²) in [5.41, 5.74) is 8.54. The van der Waals surface area contributed by atoms with Gasteiger partial charge in [-0.2, -0.15) is 0 Å². The number of carbonyl (C=O) groups is 1. The summed E-state index contributed by atoms with van der Waals surface area (Å²) < 4.78 is 14.0. The standard InChI is InChI=1S/C27H23N3O4S/c28-15-23(32)29-20-9-8-17(27-25(20)19-4-1-2-7-22(19)35-27)16-5-3-6-18-21(31)14-24(34-26(16)18)30-10-12-33-13-11-30/h1-9,14H,10-13,15,28H2,(H,29,32). The predicted octanol–water partition coefficient (Wildman–Crippen LogP) is 4.56. The molecule has 3 aromatic carbocycles. The lowest BCUT2D eigenvalue weighted by Crippen LogP contribution is -2.36. The number of benzene rings is 3. The molecule has 8 heteroatoms. The molecule has 0 bridgehead atoms. The lowest BCUT2D eigenvalue weighted by Gasteiger charge is -2.27. The van der Waals surface area contributed by atoms with Gasteiger partial charge in [-0.1, -0.05) is 36.4 Å². The first-order chi connectivity index (χ1) is 17.1. The maximum absolute atomic E-state index is 13.1. The van der Waals surface area contributed by atoms with Crippen molar-refractivity contribution in [1.29, 1.82) is 0 Å². The van der Waals surface area contributed by atoms with E-state index in [-0.39, 0.29) is 17.9 Å². The van der Waals surface area contributed by atoms with E-state index in [0.29, 0.717) is 48.8 Å². The van der Waals surface area contributed by atoms with Gasteiger partial charge in [0.2, 0.25) is 5.91 Å². The molecule has 6 rings (SSSR count). The van der Waals surface area contributed by atoms with E-state index in [0.717, 1.165) is 31.3 Å². The molecule has 176 valence electrons. The molecule has 3 N–H and O–H groups in total. The van der Waals surface area contributed by atoms with Gasteiger partial charge in [0.05, 0.1) is 30.8 Å². The minimum Gasteiger partial charge on any atom is -0.440 e. The number of fused-ring (bicyclic) bond motifs is 4. The van der Waals surface area contributed by atoms with Gasteiger partial charge in [0.15, 0.2) is 11.3 Å². The number of nitrogens with zero attached hydrogens (tertiary/aromatic N) is 1. The minimum atomic E-state index is -0.249. The van der Waals surface area contributed by atoms with Crippen LogP contribution in [0.5, 0.6) is 0 Å². The SMILES string of the molecule is NCC(=O)Nc1ccc(-c2cccc3c(=O)cc(N4CCOCC4)oc23)c2sc3ccccc3c12. The van der Waals surface area contributed by atoms with Crippen molar-refractivity contribution in [2.75, 3.05) is 43.1 Å². The van der Waals surface area contributed by atoms with E-state index in [2.05, 4.69) is 17.4 Å². The summed E-state index contributed by atoms with van der Waals surface area (Å²) in [6.45, 7) is 2.45. The highest BCUT2D eigenvalue weighted by Crippen LogP contribution is 2.45. The van der Waals surface area contributed by atoms with E-state index < -0.39 is 0 Å². The Bertz CT molecular complexity index is 1650. The lowest BCUT2D eigenvalue weighted by molar-refractivity contribution is -0.114. The molecule has 2 aromatic heterocycles. The minimum absolute atomic E-state index is 0.0750. The molecule has 0 atom stereocenters. The number of hydrogen-bond acceptors (Lipinski definition) is 7. The fraction of sp³-hybridized carbons (Fsp3) is 0.185. The van der Waals surface area contributed by atoms with Gasteiger partial charge in [0, 0.05) is 50.5 Å². The average Bonchev–Trinajstić information content (AvgIpc) is 3.29. The third kappa shape index (κ3) is 3.76. The van der Waals surface area contributed by atoms with E-state index in [1.54, 1.807) is 23.5 Å². The molecule has 5 aromatic rings. The van der Waals surface area contributed by atoms with Crippen molar-refractivity contribution in [3.63, 3.8) is 0 Å². The summed E-state index contributed by atoms with van der Waals surface area (Å²) >= 11 is 1.65. The Morgan fingerprint density at radius 1 is 1.00 bits per heavy atom. The number of rotatable bonds is 4. The Hall–Kier alpha value is -3.72. The Labute approximate surface area is 204 Å². The topological polar surface area (TPSA) is 97.8 Å². The highest BCUT2D eigenvalue weighted by Gasteiger charge is 2.20. The van der Waals surface area contributed by atoms with Gasteiger partial charge in [-0.3, -0.25) is 9.59 Å². The Morgan fingerprint density at radius 3 is 2.63 bits per heavy atom. The molecule has 35 heavy (non-hydrogen) atoms. The summed E-state index contributed by atoms with van der Waals surface area (Å²) in [6, 6.07) is 19.2. The van der Waals surface area contributed by atoms with Crippen LogP contribution in [0.25, 0.3) is 42.3 Å². The van der Waals surface area contributed by atoms with Crippen LogP contribution in [0.15, 0.2) is 69.9 Å². The van der Waals surface area contributed by atoms with Crippen molar-refractivity contribution >= 4 is 60.0 Å². The molecule has 0 radical (unpaired) electrons. The van der Waals surface area contributed by atoms with Gasteiger partial charge >= 0.3 is 0 Å². The Balaban J connectivity index is 1.61. The van der Waals surface area contributed by atoms with Crippen molar-refractivity contribution in [2.45, 2.75) is 0 Å². The van der Waals surface area contributed by atoms with Crippen LogP contribution in [-0.2, 0) is 9.53 Å². The van der Waals surface area contributed by atoms with Gasteiger partial charge < -0.3 is 25.1 Å². The maximum atomic E-state index is 13.1. The number of morpholine rings is 1. The van der Waals surface area contributed by atoms with Gasteiger partial charge in [-0.25, -0.2) is 0 Å². The first-order valence-electron chi connectivity index (χ1n) is 11.5. The van der Waals surface area contributed by atoms with Crippen LogP contribution in [0.1, 0.15) is 0 Å². The highest BCUT2D eigenvalue weighted by atomic mass is 32.1. The Kier molecular flexibility index (Phi) is 5.49. The van der Waals surface area contributed by atoms with E-state index in [1.165, 1.54) is 0 Å². The van der Waals surface area contributed by atoms with Crippen LogP contribution in [0, 0.1) is 0 Å². The second-order valence-corrected chi connectivity index (χ2v) is 9.50. The number of amides is 1. The first-order valence-corrected chi connectivity index (χ1v) is 12.3. The highest BCUT2D eigenvalue weighted by molar-refractivity contribution is 7.26. The van der Waals surface area contributed by atoms with Crippen molar-refractivity contribution in [3.8, 4) is 11.1 Å². The quantitative estimate of drug-likeness (QED) is 0.387. The van der Waals surface area contributed by atoms with Crippen LogP contribution >= 0.6 is 11.3 Å². The monoisotopic (exact) mass is 485 g/mol. The predicted molar refractivity (Wildman–Crippen MR) is 142 cm³/mol. The number of anilines is 2. The zero-order valence-electron chi connectivity index (χ0n) is 18.9. The summed E-state index contributed by atoms with van der Waals surface area (Å²) in [7, 11) is 0. The van der Waals surface area contributed by atoms with E-state index in [1.807, 2.05) is 41.3 Å². The lowest BCUT2D eigenvalue weighted by atomic mass is 9.99. The van der Waals surface area contributed by atoms with Crippen molar-refractivity contribution in [3.05, 3.63) is 70.9 Å². The number of ether oxygens (including phenoxy) is 1. The number of hydrogen-bond donors (Lipinski definition) is 2. The molecule has 0 spiro atoms. The summed E-state index contributed by atoms with van der Waals surface area (Å²) in [5.74, 6) is 0.304. The fourth-order valence-corrected chi connectivity index (χ4v) is 5.92. The maximum Gasteiger partial charge on any atom is 0.238 e. The second-order valence-electron chi connectivity index (χ2n) is 8.45. The van der Waals surface area contributed by atoms with Crippen LogP contribution in [0.3, 0.4) is 0 Å². The zero-order chi connectivity index (χ0) is 23.9. The molecular formula is C27H23N3O4S. The number of para-hydroxylation sites is 1. The molecule has 1 saturated heterocycles. The van der Waals surface area contributed by atoms with Crippen LogP contribution in [0.2, 0.25) is 0 Å². The fourth-order valence-electron chi connectivity index (χ4n) is 4.66. The molecule has 1 amide bonds. The number of thiophene rings is 1. The molecule has 0 aliphatic carbocycles. The van der Waals surface area contributed by atoms with Crippen molar-refractivity contribution in [1.82, 2.24) is 0 Å². The Morgan fingerprint density at radius 2 is 1.80 bits per heavy atom. The number of nitrogens with one attached hydrogen (secondary N) is 1. The molecule has 0 saturated carbocycles. The number of carbonyl (C=O) groups excluding carboxylic acids is 1. The molecule has 1 aliphatic heterocycles. The molecule has 1 aliphatic rings. The van der Waals surface area contributed by atoms with Gasteiger partial charge in [-0.15, -0.1) is 11.3 Å². The van der Waals surface area contributed by atoms with Crippen LogP contribution < -0.4 is 21.4 Å². The van der Waals surface area contributed by atoms with E-state index in [9.17, 15) is 9.59 Å². The molecule has 1 fully saturated rings. The average molecular weight is 486 g/mol. The molecule has 7 nitrogen and oxygen atoms in total. The summed E-state index contributed by atoms with van der Waals surface area (Å²) in [6.07, 6.45) is 0. The molecule has 3 heterocycles. The largest absolute Gasteiger partial charge is 0.440 e. The van der Waals surface area contributed by atoms with Crippen LogP contribution in [-0.4, -0.2) is 38.8 Å².